The van der Waals surface area contributed by atoms with Gasteiger partial charge in [0.25, 0.3) is 0 Å². The number of aryl methyl sites for hydroxylation is 1. The van der Waals surface area contributed by atoms with Crippen LogP contribution in [0.5, 0.6) is 0 Å². The molecule has 1 aromatic heterocycles. The fourth-order valence-electron chi connectivity index (χ4n) is 3.40. The second kappa shape index (κ2) is 8.56. The molecular weight excluding hydrogens is 330 g/mol. The lowest BCUT2D eigenvalue weighted by Gasteiger charge is -2.21. The number of anilines is 1. The van der Waals surface area contributed by atoms with Crippen LogP contribution in [0.15, 0.2) is 24.3 Å². The van der Waals surface area contributed by atoms with E-state index in [4.69, 9.17) is 4.98 Å². The van der Waals surface area contributed by atoms with Crippen molar-refractivity contribution < 1.29 is 4.79 Å². The molecule has 1 heterocycles. The molecule has 0 aliphatic heterocycles. The van der Waals surface area contributed by atoms with Crippen molar-refractivity contribution in [3.63, 3.8) is 0 Å². The number of thiol groups is 1. The van der Waals surface area contributed by atoms with Crippen LogP contribution in [-0.2, 0) is 17.6 Å². The van der Waals surface area contributed by atoms with E-state index in [1.807, 2.05) is 0 Å². The Bertz CT molecular complexity index is 745. The van der Waals surface area contributed by atoms with Crippen LogP contribution < -0.4 is 10.6 Å². The van der Waals surface area contributed by atoms with Crippen LogP contribution in [0.1, 0.15) is 43.9 Å². The summed E-state index contributed by atoms with van der Waals surface area (Å²) in [6.07, 6.45) is 6.67. The van der Waals surface area contributed by atoms with E-state index in [9.17, 15) is 4.79 Å². The van der Waals surface area contributed by atoms with Gasteiger partial charge in [0.1, 0.15) is 0 Å². The molecule has 0 spiro atoms. The molecule has 0 saturated carbocycles. The quantitative estimate of drug-likeness (QED) is 0.523. The summed E-state index contributed by atoms with van der Waals surface area (Å²) in [4.78, 5) is 16.4. The predicted octanol–water partition coefficient (Wildman–Crippen LogP) is 3.74. The molecule has 0 bridgehead atoms. The fraction of sp³-hybridized carbons (Fsp3) is 0.500. The number of fused-ring (bicyclic) bond motifs is 2. The van der Waals surface area contributed by atoms with Crippen LogP contribution in [0.4, 0.5) is 5.69 Å². The Labute approximate surface area is 155 Å². The number of nitrogens with one attached hydrogen (secondary N) is 2. The normalized spacial score (nSPS) is 14.8. The minimum absolute atomic E-state index is 0.00508. The highest BCUT2D eigenvalue weighted by molar-refractivity contribution is 7.81. The first-order valence-corrected chi connectivity index (χ1v) is 9.78. The molecule has 25 heavy (non-hydrogen) atoms. The SMILES string of the molecule is CC(S)C(=O)NCCCCNc1c2c(nc3ccccc13)CCCC2. The Morgan fingerprint density at radius 2 is 1.96 bits per heavy atom. The van der Waals surface area contributed by atoms with Crippen molar-refractivity contribution >= 4 is 35.1 Å². The number of carbonyl (C=O) groups excluding carboxylic acids is 1. The van der Waals surface area contributed by atoms with Gasteiger partial charge in [-0.25, -0.2) is 0 Å². The minimum atomic E-state index is -0.243. The van der Waals surface area contributed by atoms with Gasteiger partial charge in [-0.05, 0) is 57.1 Å². The molecule has 2 aromatic rings. The van der Waals surface area contributed by atoms with Crippen LogP contribution in [0, 0.1) is 0 Å². The zero-order valence-electron chi connectivity index (χ0n) is 14.8. The molecular formula is C20H27N3OS. The number of hydrogen-bond acceptors (Lipinski definition) is 4. The number of carbonyl (C=O) groups is 1. The molecule has 5 heteroatoms. The molecule has 1 aromatic carbocycles. The summed E-state index contributed by atoms with van der Waals surface area (Å²) in [6.45, 7) is 3.41. The molecule has 1 aliphatic rings. The molecule has 3 rings (SSSR count). The highest BCUT2D eigenvalue weighted by Gasteiger charge is 2.17. The fourth-order valence-corrected chi connectivity index (χ4v) is 3.49. The monoisotopic (exact) mass is 357 g/mol. The minimum Gasteiger partial charge on any atom is -0.384 e. The van der Waals surface area contributed by atoms with Crippen molar-refractivity contribution in [1.82, 2.24) is 10.3 Å². The van der Waals surface area contributed by atoms with Crippen LogP contribution in [0.3, 0.4) is 0 Å². The van der Waals surface area contributed by atoms with Crippen LogP contribution in [-0.4, -0.2) is 29.2 Å². The molecule has 134 valence electrons. The standard InChI is InChI=1S/C20H27N3OS/c1-14(25)20(24)22-13-7-6-12-21-19-15-8-2-4-10-17(15)23-18-11-5-3-9-16(18)19/h2,4,8,10,14,25H,3,5-7,9,11-13H2,1H3,(H,21,23)(H,22,24). The lowest BCUT2D eigenvalue weighted by molar-refractivity contribution is -0.120. The summed E-state index contributed by atoms with van der Waals surface area (Å²) in [5.74, 6) is 0.00508. The molecule has 1 amide bonds. The van der Waals surface area contributed by atoms with Gasteiger partial charge in [-0.1, -0.05) is 18.2 Å². The van der Waals surface area contributed by atoms with E-state index >= 15 is 0 Å². The maximum atomic E-state index is 11.5. The largest absolute Gasteiger partial charge is 0.384 e. The average molecular weight is 358 g/mol. The van der Waals surface area contributed by atoms with E-state index in [-0.39, 0.29) is 11.2 Å². The zero-order valence-corrected chi connectivity index (χ0v) is 15.7. The van der Waals surface area contributed by atoms with E-state index < -0.39 is 0 Å². The number of pyridine rings is 1. The van der Waals surface area contributed by atoms with Gasteiger partial charge in [0.05, 0.1) is 10.8 Å². The Hall–Kier alpha value is -1.75. The number of aromatic nitrogens is 1. The number of para-hydroxylation sites is 1. The summed E-state index contributed by atoms with van der Waals surface area (Å²) < 4.78 is 0. The molecule has 1 atom stereocenters. The molecule has 0 saturated heterocycles. The maximum absolute atomic E-state index is 11.5. The highest BCUT2D eigenvalue weighted by atomic mass is 32.1. The lowest BCUT2D eigenvalue weighted by Crippen LogP contribution is -2.30. The van der Waals surface area contributed by atoms with Crippen LogP contribution in [0.25, 0.3) is 10.9 Å². The van der Waals surface area contributed by atoms with Gasteiger partial charge in [-0.2, -0.15) is 12.6 Å². The number of benzene rings is 1. The third-order valence-electron chi connectivity index (χ3n) is 4.75. The predicted molar refractivity (Wildman–Crippen MR) is 108 cm³/mol. The summed E-state index contributed by atoms with van der Waals surface area (Å²) in [5.41, 5.74) is 5.03. The Balaban J connectivity index is 1.62. The summed E-state index contributed by atoms with van der Waals surface area (Å²) in [7, 11) is 0. The van der Waals surface area contributed by atoms with Crippen LogP contribution in [0.2, 0.25) is 0 Å². The van der Waals surface area contributed by atoms with Gasteiger partial charge in [-0.3, -0.25) is 9.78 Å². The van der Waals surface area contributed by atoms with Gasteiger partial charge in [-0.15, -0.1) is 0 Å². The lowest BCUT2D eigenvalue weighted by atomic mass is 9.92. The molecule has 0 radical (unpaired) electrons. The van der Waals surface area contributed by atoms with Crippen LogP contribution >= 0.6 is 12.6 Å². The Morgan fingerprint density at radius 1 is 1.20 bits per heavy atom. The number of nitrogens with zero attached hydrogens (tertiary/aromatic N) is 1. The molecule has 4 nitrogen and oxygen atoms in total. The topological polar surface area (TPSA) is 54.0 Å². The van der Waals surface area contributed by atoms with E-state index in [2.05, 4.69) is 47.5 Å². The first-order valence-electron chi connectivity index (χ1n) is 9.27. The van der Waals surface area contributed by atoms with Crippen molar-refractivity contribution in [2.45, 2.75) is 50.7 Å². The highest BCUT2D eigenvalue weighted by Crippen LogP contribution is 2.33. The first kappa shape index (κ1) is 18.1. The van der Waals surface area contributed by atoms with E-state index in [1.165, 1.54) is 35.2 Å². The average Bonchev–Trinajstić information content (AvgIpc) is 2.63. The van der Waals surface area contributed by atoms with Crippen molar-refractivity contribution in [3.05, 3.63) is 35.5 Å². The van der Waals surface area contributed by atoms with E-state index in [0.29, 0.717) is 6.54 Å². The summed E-state index contributed by atoms with van der Waals surface area (Å²) >= 11 is 4.13. The zero-order chi connectivity index (χ0) is 17.6. The summed E-state index contributed by atoms with van der Waals surface area (Å²) in [6, 6.07) is 8.40. The van der Waals surface area contributed by atoms with Crippen molar-refractivity contribution in [2.75, 3.05) is 18.4 Å². The molecule has 2 N–H and O–H groups in total. The second-order valence-electron chi connectivity index (χ2n) is 6.74. The van der Waals surface area contributed by atoms with Gasteiger partial charge < -0.3 is 10.6 Å². The van der Waals surface area contributed by atoms with E-state index in [0.717, 1.165) is 37.7 Å². The van der Waals surface area contributed by atoms with Gasteiger partial charge in [0.15, 0.2) is 0 Å². The number of hydrogen-bond donors (Lipinski definition) is 3. The van der Waals surface area contributed by atoms with Gasteiger partial charge in [0, 0.05) is 29.9 Å². The Morgan fingerprint density at radius 3 is 2.80 bits per heavy atom. The maximum Gasteiger partial charge on any atom is 0.232 e. The Kier molecular flexibility index (Phi) is 6.19. The number of rotatable bonds is 7. The van der Waals surface area contributed by atoms with Crippen molar-refractivity contribution in [1.29, 1.82) is 0 Å². The third-order valence-corrected chi connectivity index (χ3v) is 4.99. The molecule has 0 fully saturated rings. The summed E-state index contributed by atoms with van der Waals surface area (Å²) in [5, 5.41) is 7.55. The van der Waals surface area contributed by atoms with Gasteiger partial charge in [0.2, 0.25) is 5.91 Å². The number of unbranched alkanes of at least 4 members (excludes halogenated alkanes) is 1. The smallest absolute Gasteiger partial charge is 0.232 e. The van der Waals surface area contributed by atoms with E-state index in [1.54, 1.807) is 6.92 Å². The molecule has 1 aliphatic carbocycles. The van der Waals surface area contributed by atoms with Crippen molar-refractivity contribution in [3.8, 4) is 0 Å². The third kappa shape index (κ3) is 4.46. The van der Waals surface area contributed by atoms with Crippen molar-refractivity contribution in [2.24, 2.45) is 0 Å². The molecule has 1 unspecified atom stereocenters. The number of amides is 1. The second-order valence-corrected chi connectivity index (χ2v) is 7.51. The first-order chi connectivity index (χ1) is 12.2. The van der Waals surface area contributed by atoms with Gasteiger partial charge >= 0.3 is 0 Å².